The number of allylic oxidation sites excluding steroid dienone is 2. The smallest absolute Gasteiger partial charge is 0.133 e. The second-order valence-corrected chi connectivity index (χ2v) is 8.29. The molecule has 0 unspecified atom stereocenters. The molecular formula is C23H27N5. The minimum atomic E-state index is 0.676. The number of fused-ring (bicyclic) bond motifs is 2. The Hall–Kier alpha value is -2.66. The molecular weight excluding hydrogens is 346 g/mol. The Kier molecular flexibility index (Phi) is 4.20. The molecule has 3 aliphatic rings. The molecule has 3 aliphatic heterocycles. The summed E-state index contributed by atoms with van der Waals surface area (Å²) in [6.45, 7) is 5.38. The highest BCUT2D eigenvalue weighted by Gasteiger charge is 2.24. The highest BCUT2D eigenvalue weighted by molar-refractivity contribution is 6.00. The van der Waals surface area contributed by atoms with Gasteiger partial charge in [0, 0.05) is 36.9 Å². The van der Waals surface area contributed by atoms with E-state index in [0.717, 1.165) is 23.6 Å². The van der Waals surface area contributed by atoms with Gasteiger partial charge in [-0.1, -0.05) is 6.08 Å². The zero-order valence-electron chi connectivity index (χ0n) is 16.9. The summed E-state index contributed by atoms with van der Waals surface area (Å²) in [6, 6.07) is 4.40. The summed E-state index contributed by atoms with van der Waals surface area (Å²) in [5, 5.41) is 5.72. The van der Waals surface area contributed by atoms with Crippen LogP contribution in [0.25, 0.3) is 16.6 Å². The van der Waals surface area contributed by atoms with Crippen LogP contribution in [0.4, 0.5) is 0 Å². The van der Waals surface area contributed by atoms with Crippen LogP contribution >= 0.6 is 0 Å². The summed E-state index contributed by atoms with van der Waals surface area (Å²) >= 11 is 0. The van der Waals surface area contributed by atoms with Crippen LogP contribution in [0.1, 0.15) is 24.0 Å². The van der Waals surface area contributed by atoms with Crippen molar-refractivity contribution in [2.45, 2.75) is 19.8 Å². The Balaban J connectivity index is 1.39. The first kappa shape index (κ1) is 17.4. The molecule has 28 heavy (non-hydrogen) atoms. The van der Waals surface area contributed by atoms with Crippen molar-refractivity contribution in [1.82, 2.24) is 19.6 Å². The molecule has 1 saturated heterocycles. The molecule has 5 heteroatoms. The zero-order valence-corrected chi connectivity index (χ0v) is 16.9. The molecule has 5 nitrogen and oxygen atoms in total. The molecule has 0 aliphatic carbocycles. The van der Waals surface area contributed by atoms with E-state index < -0.39 is 0 Å². The first-order valence-corrected chi connectivity index (χ1v) is 10.1. The summed E-state index contributed by atoms with van der Waals surface area (Å²) in [6.07, 6.45) is 13.6. The molecule has 0 spiro atoms. The quantitative estimate of drug-likeness (QED) is 0.805. The van der Waals surface area contributed by atoms with E-state index in [1.54, 1.807) is 0 Å². The normalized spacial score (nSPS) is 20.8. The molecule has 1 aromatic carbocycles. The van der Waals surface area contributed by atoms with Crippen molar-refractivity contribution >= 4 is 22.4 Å². The number of hydrogen-bond acceptors (Lipinski definition) is 4. The fourth-order valence-corrected chi connectivity index (χ4v) is 4.50. The third kappa shape index (κ3) is 3.10. The summed E-state index contributed by atoms with van der Waals surface area (Å²) < 4.78 is 1.88. The van der Waals surface area contributed by atoms with Crippen molar-refractivity contribution in [3.63, 3.8) is 0 Å². The number of likely N-dealkylation sites (tertiary alicyclic amines) is 1. The predicted octanol–water partition coefficient (Wildman–Crippen LogP) is 3.73. The van der Waals surface area contributed by atoms with Crippen molar-refractivity contribution in [3.05, 3.63) is 59.5 Å². The van der Waals surface area contributed by atoms with Crippen molar-refractivity contribution in [2.75, 3.05) is 26.7 Å². The third-order valence-electron chi connectivity index (χ3n) is 6.14. The highest BCUT2D eigenvalue weighted by atomic mass is 15.2. The highest BCUT2D eigenvalue weighted by Crippen LogP contribution is 2.31. The Morgan fingerprint density at radius 3 is 2.71 bits per heavy atom. The Bertz CT molecular complexity index is 1040. The van der Waals surface area contributed by atoms with Gasteiger partial charge in [-0.3, -0.25) is 4.68 Å². The molecule has 0 amide bonds. The van der Waals surface area contributed by atoms with Gasteiger partial charge in [-0.05, 0) is 81.2 Å². The van der Waals surface area contributed by atoms with E-state index in [-0.39, 0.29) is 0 Å². The van der Waals surface area contributed by atoms with Crippen molar-refractivity contribution in [1.29, 1.82) is 0 Å². The van der Waals surface area contributed by atoms with E-state index in [1.807, 2.05) is 11.7 Å². The molecule has 0 bridgehead atoms. The van der Waals surface area contributed by atoms with Crippen LogP contribution in [0, 0.1) is 12.8 Å². The van der Waals surface area contributed by atoms with Gasteiger partial charge in [-0.15, -0.1) is 0 Å². The SMILES string of the molecule is Cc1cc(C2=CCN3C=C(C4CCN(C)CC4)C=CC3=N2)cc2cn(C)nc12. The maximum absolute atomic E-state index is 4.96. The molecule has 2 aromatic rings. The van der Waals surface area contributed by atoms with Crippen molar-refractivity contribution in [2.24, 2.45) is 18.0 Å². The second kappa shape index (κ2) is 6.74. The van der Waals surface area contributed by atoms with Gasteiger partial charge in [0.2, 0.25) is 0 Å². The summed E-state index contributed by atoms with van der Waals surface area (Å²) in [4.78, 5) is 9.67. The molecule has 5 rings (SSSR count). The number of amidine groups is 1. The number of hydrogen-bond donors (Lipinski definition) is 0. The lowest BCUT2D eigenvalue weighted by Crippen LogP contribution is -2.34. The number of benzene rings is 1. The van der Waals surface area contributed by atoms with Crippen LogP contribution in [0.5, 0.6) is 0 Å². The topological polar surface area (TPSA) is 36.7 Å². The van der Waals surface area contributed by atoms with Gasteiger partial charge in [0.15, 0.2) is 0 Å². The molecule has 0 saturated carbocycles. The van der Waals surface area contributed by atoms with Crippen molar-refractivity contribution in [3.8, 4) is 0 Å². The molecule has 144 valence electrons. The second-order valence-electron chi connectivity index (χ2n) is 8.29. The van der Waals surface area contributed by atoms with Gasteiger partial charge in [0.1, 0.15) is 5.84 Å². The Labute approximate surface area is 166 Å². The fraction of sp³-hybridized carbons (Fsp3) is 0.391. The van der Waals surface area contributed by atoms with Gasteiger partial charge < -0.3 is 9.80 Å². The van der Waals surface area contributed by atoms with E-state index in [0.29, 0.717) is 5.92 Å². The van der Waals surface area contributed by atoms with Gasteiger partial charge >= 0.3 is 0 Å². The zero-order chi connectivity index (χ0) is 19.3. The summed E-state index contributed by atoms with van der Waals surface area (Å²) in [5.41, 5.74) is 5.95. The van der Waals surface area contributed by atoms with Crippen LogP contribution < -0.4 is 0 Å². The van der Waals surface area contributed by atoms with E-state index in [2.05, 4.69) is 71.6 Å². The third-order valence-corrected chi connectivity index (χ3v) is 6.14. The van der Waals surface area contributed by atoms with Gasteiger partial charge in [-0.2, -0.15) is 5.10 Å². The van der Waals surface area contributed by atoms with Crippen LogP contribution in [0.15, 0.2) is 53.3 Å². The molecule has 0 radical (unpaired) electrons. The first-order chi connectivity index (χ1) is 13.6. The number of nitrogens with zero attached hydrogens (tertiary/aromatic N) is 5. The number of aromatic nitrogens is 2. The predicted molar refractivity (Wildman–Crippen MR) is 115 cm³/mol. The molecule has 1 fully saturated rings. The minimum Gasteiger partial charge on any atom is -0.329 e. The standard InChI is InChI=1S/C23H27N5/c1-16-12-19(13-20-14-27(3)25-23(16)20)21-8-11-28-15-18(4-5-22(28)24-21)17-6-9-26(2)10-7-17/h4-5,8,12-15,17H,6-7,9-11H2,1-3H3. The van der Waals surface area contributed by atoms with Crippen LogP contribution in [0.3, 0.4) is 0 Å². The molecule has 0 atom stereocenters. The number of rotatable bonds is 2. The maximum atomic E-state index is 4.96. The summed E-state index contributed by atoms with van der Waals surface area (Å²) in [5.74, 6) is 1.72. The summed E-state index contributed by atoms with van der Waals surface area (Å²) in [7, 11) is 4.19. The largest absolute Gasteiger partial charge is 0.329 e. The minimum absolute atomic E-state index is 0.676. The average molecular weight is 374 g/mol. The number of aliphatic imine (C=N–C) groups is 1. The van der Waals surface area contributed by atoms with E-state index in [9.17, 15) is 0 Å². The van der Waals surface area contributed by atoms with E-state index in [4.69, 9.17) is 4.99 Å². The van der Waals surface area contributed by atoms with Gasteiger partial charge in [-0.25, -0.2) is 4.99 Å². The van der Waals surface area contributed by atoms with Crippen molar-refractivity contribution < 1.29 is 0 Å². The van der Waals surface area contributed by atoms with Crippen LogP contribution in [-0.4, -0.2) is 52.1 Å². The van der Waals surface area contributed by atoms with Gasteiger partial charge in [0.25, 0.3) is 0 Å². The monoisotopic (exact) mass is 373 g/mol. The lowest BCUT2D eigenvalue weighted by molar-refractivity contribution is 0.239. The Morgan fingerprint density at radius 2 is 1.89 bits per heavy atom. The van der Waals surface area contributed by atoms with Crippen LogP contribution in [0.2, 0.25) is 0 Å². The fourth-order valence-electron chi connectivity index (χ4n) is 4.50. The van der Waals surface area contributed by atoms with Crippen LogP contribution in [-0.2, 0) is 7.05 Å². The Morgan fingerprint density at radius 1 is 1.07 bits per heavy atom. The molecule has 4 heterocycles. The number of piperidine rings is 1. The lowest BCUT2D eigenvalue weighted by Gasteiger charge is -2.33. The average Bonchev–Trinajstić information content (AvgIpc) is 3.08. The number of aryl methyl sites for hydroxylation is 2. The molecule has 1 aromatic heterocycles. The van der Waals surface area contributed by atoms with E-state index in [1.165, 1.54) is 48.0 Å². The lowest BCUT2D eigenvalue weighted by atomic mass is 9.88. The van der Waals surface area contributed by atoms with Gasteiger partial charge in [0.05, 0.1) is 11.2 Å². The maximum Gasteiger partial charge on any atom is 0.133 e. The molecule has 0 N–H and O–H groups in total. The van der Waals surface area contributed by atoms with E-state index >= 15 is 0 Å². The first-order valence-electron chi connectivity index (χ1n) is 10.1.